The molecule has 0 bridgehead atoms. The molecule has 1 aliphatic carbocycles. The number of aliphatic carboxylic acids is 1. The second kappa shape index (κ2) is 8.13. The van der Waals surface area contributed by atoms with E-state index >= 15 is 0 Å². The molecule has 35 heavy (non-hydrogen) atoms. The average Bonchev–Trinajstić information content (AvgIpc) is 3.36. The molecule has 184 valence electrons. The third-order valence-electron chi connectivity index (χ3n) is 7.27. The quantitative estimate of drug-likeness (QED) is 0.400. The Morgan fingerprint density at radius 3 is 2.69 bits per heavy atom. The third-order valence-corrected chi connectivity index (χ3v) is 7.27. The summed E-state index contributed by atoms with van der Waals surface area (Å²) in [6, 6.07) is 7.07. The van der Waals surface area contributed by atoms with Gasteiger partial charge in [0.05, 0.1) is 23.8 Å². The Hall–Kier alpha value is -3.30. The maximum Gasteiger partial charge on any atom is 0.335 e. The molecule has 2 N–H and O–H groups in total. The zero-order valence-corrected chi connectivity index (χ0v) is 20.5. The number of rotatable bonds is 7. The van der Waals surface area contributed by atoms with Crippen molar-refractivity contribution in [2.24, 2.45) is 0 Å². The van der Waals surface area contributed by atoms with E-state index in [4.69, 9.17) is 14.5 Å². The summed E-state index contributed by atoms with van der Waals surface area (Å²) < 4.78 is 27.4. The molecule has 5 rings (SSSR count). The first-order valence-corrected chi connectivity index (χ1v) is 11.5. The van der Waals surface area contributed by atoms with Crippen LogP contribution in [0, 0.1) is 12.7 Å². The van der Waals surface area contributed by atoms with Gasteiger partial charge in [-0.1, -0.05) is 13.8 Å². The summed E-state index contributed by atoms with van der Waals surface area (Å²) in [4.78, 5) is 16.9. The van der Waals surface area contributed by atoms with E-state index < -0.39 is 17.0 Å². The van der Waals surface area contributed by atoms with E-state index in [9.17, 15) is 14.3 Å². The van der Waals surface area contributed by atoms with E-state index in [-0.39, 0.29) is 11.7 Å². The van der Waals surface area contributed by atoms with Gasteiger partial charge in [0.15, 0.2) is 11.2 Å². The molecule has 0 spiro atoms. The highest BCUT2D eigenvalue weighted by molar-refractivity contribution is 5.94. The van der Waals surface area contributed by atoms with Crippen LogP contribution in [0.15, 0.2) is 30.5 Å². The predicted octanol–water partition coefficient (Wildman–Crippen LogP) is 4.62. The molecule has 1 fully saturated rings. The Bertz CT molecular complexity index is 1450. The topological polar surface area (TPSA) is 102 Å². The summed E-state index contributed by atoms with van der Waals surface area (Å²) in [5.41, 5.74) is 3.86. The Balaban J connectivity index is 1.85. The molecule has 0 aliphatic heterocycles. The first-order valence-electron chi connectivity index (χ1n) is 11.5. The smallest absolute Gasteiger partial charge is 0.335 e. The minimum absolute atomic E-state index is 0.0876. The average molecular weight is 481 g/mol. The number of H-pyrrole nitrogens is 1. The van der Waals surface area contributed by atoms with Crippen molar-refractivity contribution in [1.29, 1.82) is 0 Å². The van der Waals surface area contributed by atoms with Gasteiger partial charge in [0.2, 0.25) is 0 Å². The normalized spacial score (nSPS) is 20.5. The number of aromatic amines is 1. The van der Waals surface area contributed by atoms with Crippen LogP contribution in [0.4, 0.5) is 4.39 Å². The van der Waals surface area contributed by atoms with Crippen molar-refractivity contribution in [2.45, 2.75) is 50.5 Å². The Kier molecular flexibility index (Phi) is 5.45. The Morgan fingerprint density at radius 1 is 1.31 bits per heavy atom. The number of halogens is 1. The number of benzene rings is 1. The summed E-state index contributed by atoms with van der Waals surface area (Å²) >= 11 is 0. The lowest BCUT2D eigenvalue weighted by Crippen LogP contribution is -2.51. The molecule has 3 aromatic heterocycles. The maximum absolute atomic E-state index is 14.2. The van der Waals surface area contributed by atoms with Crippen LogP contribution in [-0.2, 0) is 19.7 Å². The van der Waals surface area contributed by atoms with Gasteiger partial charge >= 0.3 is 5.97 Å². The summed E-state index contributed by atoms with van der Waals surface area (Å²) in [6.45, 7) is 6.35. The molecule has 0 unspecified atom stereocenters. The number of carbonyl (C=O) groups is 1. The van der Waals surface area contributed by atoms with Gasteiger partial charge < -0.3 is 19.1 Å². The summed E-state index contributed by atoms with van der Waals surface area (Å²) in [5, 5.41) is 17.7. The lowest BCUT2D eigenvalue weighted by molar-refractivity contribution is -0.175. The van der Waals surface area contributed by atoms with Crippen LogP contribution >= 0.6 is 0 Å². The number of carboxylic acid groups (broad SMARTS) is 1. The molecule has 3 heterocycles. The molecule has 9 heteroatoms. The Labute approximate surface area is 202 Å². The van der Waals surface area contributed by atoms with Gasteiger partial charge in [0.1, 0.15) is 5.82 Å². The van der Waals surface area contributed by atoms with Gasteiger partial charge in [0.25, 0.3) is 0 Å². The van der Waals surface area contributed by atoms with Crippen LogP contribution in [-0.4, -0.2) is 57.3 Å². The lowest BCUT2D eigenvalue weighted by atomic mass is 9.66. The van der Waals surface area contributed by atoms with Crippen LogP contribution in [0.1, 0.15) is 49.4 Å². The standard InChI is InChI=1S/C26H29FN4O4/c1-14-8-17(6-7-18(14)27)31-19-9-15-12-28-30-23(15)29-21(19)20(22(31)25(2,3)13-34-4)16-10-26(11-16,35-5)24(32)33/h6-9,12,16H,10-11,13H2,1-5H3,(H,32,33)(H,28,29,30). The molecule has 0 atom stereocenters. The van der Waals surface area contributed by atoms with E-state index in [0.717, 1.165) is 33.4 Å². The minimum atomic E-state index is -1.22. The van der Waals surface area contributed by atoms with E-state index in [2.05, 4.69) is 28.6 Å². The van der Waals surface area contributed by atoms with Crippen molar-refractivity contribution >= 4 is 28.0 Å². The number of nitrogens with zero attached hydrogens (tertiary/aromatic N) is 3. The number of aromatic nitrogens is 4. The number of nitrogens with one attached hydrogen (secondary N) is 1. The van der Waals surface area contributed by atoms with Gasteiger partial charge in [0, 0.05) is 42.0 Å². The van der Waals surface area contributed by atoms with Crippen LogP contribution in [0.2, 0.25) is 0 Å². The van der Waals surface area contributed by atoms with Gasteiger partial charge in [-0.2, -0.15) is 5.10 Å². The predicted molar refractivity (Wildman–Crippen MR) is 130 cm³/mol. The third kappa shape index (κ3) is 3.52. The van der Waals surface area contributed by atoms with Crippen LogP contribution in [0.3, 0.4) is 0 Å². The first kappa shape index (κ1) is 23.4. The number of hydrogen-bond acceptors (Lipinski definition) is 5. The second-order valence-electron chi connectivity index (χ2n) is 10.1. The van der Waals surface area contributed by atoms with Gasteiger partial charge in [-0.15, -0.1) is 0 Å². The van der Waals surface area contributed by atoms with Crippen molar-refractivity contribution in [2.75, 3.05) is 20.8 Å². The molecule has 1 aromatic carbocycles. The number of carboxylic acids is 1. The minimum Gasteiger partial charge on any atom is -0.479 e. The molecule has 1 saturated carbocycles. The van der Waals surface area contributed by atoms with E-state index in [1.165, 1.54) is 13.2 Å². The van der Waals surface area contributed by atoms with Crippen LogP contribution in [0.5, 0.6) is 0 Å². The summed E-state index contributed by atoms with van der Waals surface area (Å²) in [6.07, 6.45) is 2.39. The largest absolute Gasteiger partial charge is 0.479 e. The van der Waals surface area contributed by atoms with Gasteiger partial charge in [-0.25, -0.2) is 14.2 Å². The van der Waals surface area contributed by atoms with Crippen molar-refractivity contribution in [3.05, 3.63) is 53.1 Å². The molecular weight excluding hydrogens is 451 g/mol. The van der Waals surface area contributed by atoms with Crippen molar-refractivity contribution in [3.8, 4) is 5.69 Å². The molecule has 4 aromatic rings. The van der Waals surface area contributed by atoms with E-state index in [1.807, 2.05) is 12.1 Å². The molecule has 0 radical (unpaired) electrons. The summed E-state index contributed by atoms with van der Waals surface area (Å²) in [5.74, 6) is -1.32. The highest BCUT2D eigenvalue weighted by Gasteiger charge is 2.53. The monoisotopic (exact) mass is 480 g/mol. The number of hydrogen-bond donors (Lipinski definition) is 2. The Morgan fingerprint density at radius 2 is 2.06 bits per heavy atom. The molecule has 0 saturated heterocycles. The fourth-order valence-corrected chi connectivity index (χ4v) is 5.48. The van der Waals surface area contributed by atoms with Crippen LogP contribution in [0.25, 0.3) is 27.8 Å². The number of aryl methyl sites for hydroxylation is 1. The highest BCUT2D eigenvalue weighted by atomic mass is 19.1. The summed E-state index contributed by atoms with van der Waals surface area (Å²) in [7, 11) is 3.10. The lowest BCUT2D eigenvalue weighted by Gasteiger charge is -2.44. The zero-order chi connectivity index (χ0) is 25.1. The van der Waals surface area contributed by atoms with E-state index in [1.54, 1.807) is 26.3 Å². The molecule has 8 nitrogen and oxygen atoms in total. The fourth-order valence-electron chi connectivity index (χ4n) is 5.48. The van der Waals surface area contributed by atoms with Crippen molar-refractivity contribution < 1.29 is 23.8 Å². The van der Waals surface area contributed by atoms with Crippen molar-refractivity contribution in [3.63, 3.8) is 0 Å². The zero-order valence-electron chi connectivity index (χ0n) is 20.5. The number of methoxy groups -OCH3 is 2. The van der Waals surface area contributed by atoms with Crippen LogP contribution < -0.4 is 0 Å². The van der Waals surface area contributed by atoms with Crippen molar-refractivity contribution in [1.82, 2.24) is 19.7 Å². The maximum atomic E-state index is 14.2. The number of fused-ring (bicyclic) bond motifs is 2. The molecule has 0 amide bonds. The highest BCUT2D eigenvalue weighted by Crippen LogP contribution is 2.52. The number of pyridine rings is 1. The van der Waals surface area contributed by atoms with Gasteiger partial charge in [-0.05, 0) is 55.5 Å². The second-order valence-corrected chi connectivity index (χ2v) is 10.1. The first-order chi connectivity index (χ1) is 16.6. The fraction of sp³-hybridized carbons (Fsp3) is 0.423. The molecular formula is C26H29FN4O4. The molecule has 1 aliphatic rings. The van der Waals surface area contributed by atoms with Gasteiger partial charge in [-0.3, -0.25) is 5.10 Å². The van der Waals surface area contributed by atoms with E-state index in [0.29, 0.717) is 30.7 Å². The number of ether oxygens (including phenoxy) is 2. The SMILES string of the molecule is COCC(C)(C)c1c(C2CC(OC)(C(=O)O)C2)c2nc3[nH]ncc3cc2n1-c1ccc(F)c(C)c1.